The maximum absolute atomic E-state index is 12.5. The van der Waals surface area contributed by atoms with E-state index in [1.54, 1.807) is 6.20 Å². The van der Waals surface area contributed by atoms with Gasteiger partial charge in [-0.2, -0.15) is 0 Å². The zero-order valence-electron chi connectivity index (χ0n) is 15.1. The molecule has 9 heteroatoms. The van der Waals surface area contributed by atoms with Gasteiger partial charge in [0.2, 0.25) is 11.8 Å². The maximum Gasteiger partial charge on any atom is 0.225 e. The molecule has 7 nitrogen and oxygen atoms in total. The molecule has 0 unspecified atom stereocenters. The van der Waals surface area contributed by atoms with Crippen LogP contribution >= 0.6 is 24.8 Å². The number of aromatic nitrogens is 1. The van der Waals surface area contributed by atoms with Crippen molar-refractivity contribution in [2.45, 2.75) is 44.4 Å². The van der Waals surface area contributed by atoms with Crippen LogP contribution in [0.3, 0.4) is 0 Å². The van der Waals surface area contributed by atoms with Crippen molar-refractivity contribution < 1.29 is 14.7 Å². The molecule has 3 atom stereocenters. The largest absolute Gasteiger partial charge is 0.391 e. The number of nitrogens with two attached hydrogens (primary N) is 1. The van der Waals surface area contributed by atoms with Gasteiger partial charge in [0.1, 0.15) is 0 Å². The van der Waals surface area contributed by atoms with Crippen LogP contribution in [0.25, 0.3) is 0 Å². The Bertz CT molecular complexity index is 602. The number of hydrogen-bond donors (Lipinski definition) is 3. The van der Waals surface area contributed by atoms with Gasteiger partial charge in [-0.05, 0) is 37.8 Å². The molecule has 27 heavy (non-hydrogen) atoms. The Balaban J connectivity index is 0.00000182. The van der Waals surface area contributed by atoms with Crippen molar-refractivity contribution in [3.8, 4) is 0 Å². The first-order valence-electron chi connectivity index (χ1n) is 8.94. The molecule has 0 aromatic carbocycles. The van der Waals surface area contributed by atoms with Gasteiger partial charge in [-0.3, -0.25) is 14.6 Å². The summed E-state index contributed by atoms with van der Waals surface area (Å²) in [7, 11) is 0. The van der Waals surface area contributed by atoms with Gasteiger partial charge in [-0.1, -0.05) is 6.07 Å². The zero-order valence-corrected chi connectivity index (χ0v) is 16.8. The van der Waals surface area contributed by atoms with Gasteiger partial charge in [0.05, 0.1) is 18.3 Å². The van der Waals surface area contributed by atoms with Gasteiger partial charge in [0.15, 0.2) is 0 Å². The third kappa shape index (κ3) is 6.04. The van der Waals surface area contributed by atoms with E-state index in [1.807, 2.05) is 23.1 Å². The number of rotatable bonds is 4. The number of carbonyl (C=O) groups excluding carboxylic acids is 2. The van der Waals surface area contributed by atoms with Crippen LogP contribution in [0.2, 0.25) is 0 Å². The van der Waals surface area contributed by atoms with Gasteiger partial charge in [-0.25, -0.2) is 0 Å². The first-order valence-corrected chi connectivity index (χ1v) is 8.94. The molecule has 0 radical (unpaired) electrons. The summed E-state index contributed by atoms with van der Waals surface area (Å²) in [5.41, 5.74) is 6.63. The van der Waals surface area contributed by atoms with Crippen molar-refractivity contribution >= 4 is 36.6 Å². The molecular weight excluding hydrogens is 391 g/mol. The molecule has 3 rings (SSSR count). The summed E-state index contributed by atoms with van der Waals surface area (Å²) in [6.45, 7) is 1.60. The van der Waals surface area contributed by atoms with Gasteiger partial charge in [0, 0.05) is 37.2 Å². The number of amides is 2. The molecule has 1 saturated heterocycles. The fourth-order valence-corrected chi connectivity index (χ4v) is 3.69. The molecule has 152 valence electrons. The lowest BCUT2D eigenvalue weighted by atomic mass is 9.94. The fourth-order valence-electron chi connectivity index (χ4n) is 3.69. The highest BCUT2D eigenvalue weighted by Crippen LogP contribution is 2.28. The van der Waals surface area contributed by atoms with Gasteiger partial charge in [0.25, 0.3) is 0 Å². The highest BCUT2D eigenvalue weighted by Gasteiger charge is 2.38. The van der Waals surface area contributed by atoms with E-state index in [9.17, 15) is 14.7 Å². The Morgan fingerprint density at radius 3 is 2.44 bits per heavy atom. The minimum absolute atomic E-state index is 0. The van der Waals surface area contributed by atoms with Gasteiger partial charge >= 0.3 is 0 Å². The molecular formula is C18H28Cl2N4O3. The van der Waals surface area contributed by atoms with Crippen molar-refractivity contribution in [1.29, 1.82) is 0 Å². The van der Waals surface area contributed by atoms with Gasteiger partial charge in [-0.15, -0.1) is 24.8 Å². The molecule has 0 spiro atoms. The molecule has 1 saturated carbocycles. The Morgan fingerprint density at radius 2 is 1.89 bits per heavy atom. The summed E-state index contributed by atoms with van der Waals surface area (Å²) in [4.78, 5) is 30.8. The third-order valence-corrected chi connectivity index (χ3v) is 5.27. The summed E-state index contributed by atoms with van der Waals surface area (Å²) >= 11 is 0. The summed E-state index contributed by atoms with van der Waals surface area (Å²) in [6.07, 6.45) is 3.46. The van der Waals surface area contributed by atoms with E-state index in [2.05, 4.69) is 10.3 Å². The Hall–Kier alpha value is -1.41. The van der Waals surface area contributed by atoms with Crippen molar-refractivity contribution in [2.75, 3.05) is 13.1 Å². The molecule has 0 bridgehead atoms. The molecule has 2 amide bonds. The number of nitrogens with zero attached hydrogens (tertiary/aromatic N) is 2. The molecule has 2 heterocycles. The minimum Gasteiger partial charge on any atom is -0.391 e. The summed E-state index contributed by atoms with van der Waals surface area (Å²) in [5.74, 6) is -0.154. The quantitative estimate of drug-likeness (QED) is 0.672. The SMILES string of the molecule is Cl.Cl.N[C@H]1C[C@H](C(=O)N2CCC(C(=O)NCc3ccccn3)CC2)C[C@@H]1O. The molecule has 1 aromatic rings. The summed E-state index contributed by atoms with van der Waals surface area (Å²) < 4.78 is 0. The van der Waals surface area contributed by atoms with Gasteiger partial charge < -0.3 is 21.1 Å². The Labute approximate surface area is 171 Å². The topological polar surface area (TPSA) is 109 Å². The molecule has 2 aliphatic rings. The Morgan fingerprint density at radius 1 is 1.19 bits per heavy atom. The van der Waals surface area contributed by atoms with E-state index in [4.69, 9.17) is 5.73 Å². The number of carbonyl (C=O) groups is 2. The predicted molar refractivity (Wildman–Crippen MR) is 107 cm³/mol. The second-order valence-electron chi connectivity index (χ2n) is 7.04. The van der Waals surface area contributed by atoms with E-state index in [1.165, 1.54) is 0 Å². The van der Waals surface area contributed by atoms with Crippen LogP contribution in [-0.4, -0.2) is 52.0 Å². The fraction of sp³-hybridized carbons (Fsp3) is 0.611. The average Bonchev–Trinajstić information content (AvgIpc) is 2.99. The van der Waals surface area contributed by atoms with E-state index in [-0.39, 0.29) is 54.5 Å². The monoisotopic (exact) mass is 418 g/mol. The number of nitrogens with one attached hydrogen (secondary N) is 1. The normalized spacial score (nSPS) is 25.3. The van der Waals surface area contributed by atoms with E-state index < -0.39 is 6.10 Å². The summed E-state index contributed by atoms with van der Waals surface area (Å²) in [5, 5.41) is 12.7. The van der Waals surface area contributed by atoms with E-state index in [0.29, 0.717) is 45.3 Å². The lowest BCUT2D eigenvalue weighted by Gasteiger charge is -2.33. The number of pyridine rings is 1. The van der Waals surface area contributed by atoms with Crippen molar-refractivity contribution in [3.63, 3.8) is 0 Å². The second kappa shape index (κ2) is 10.8. The minimum atomic E-state index is -0.580. The lowest BCUT2D eigenvalue weighted by molar-refractivity contribution is -0.139. The van der Waals surface area contributed by atoms with E-state index >= 15 is 0 Å². The van der Waals surface area contributed by atoms with Crippen LogP contribution < -0.4 is 11.1 Å². The van der Waals surface area contributed by atoms with Crippen LogP contribution in [0.5, 0.6) is 0 Å². The smallest absolute Gasteiger partial charge is 0.225 e. The zero-order chi connectivity index (χ0) is 17.8. The van der Waals surface area contributed by atoms with Crippen LogP contribution in [0.1, 0.15) is 31.4 Å². The van der Waals surface area contributed by atoms with Crippen molar-refractivity contribution in [3.05, 3.63) is 30.1 Å². The number of halogens is 2. The number of aliphatic hydroxyl groups excluding tert-OH is 1. The molecule has 2 fully saturated rings. The van der Waals surface area contributed by atoms with Crippen molar-refractivity contribution in [1.82, 2.24) is 15.2 Å². The molecule has 1 aliphatic heterocycles. The third-order valence-electron chi connectivity index (χ3n) is 5.27. The standard InChI is InChI=1S/C18H26N4O3.2ClH/c19-15-9-13(10-16(15)23)18(25)22-7-4-12(5-8-22)17(24)21-11-14-3-1-2-6-20-14;;/h1-3,6,12-13,15-16,23H,4-5,7-11,19H2,(H,21,24);2*1H/t13-,15-,16-;;/m0../s1. The highest BCUT2D eigenvalue weighted by molar-refractivity contribution is 5.85. The van der Waals surface area contributed by atoms with Crippen molar-refractivity contribution in [2.24, 2.45) is 17.6 Å². The number of likely N-dealkylation sites (tertiary alicyclic amines) is 1. The van der Waals surface area contributed by atoms with E-state index in [0.717, 1.165) is 5.69 Å². The summed E-state index contributed by atoms with van der Waals surface area (Å²) in [6, 6.07) is 5.31. The second-order valence-corrected chi connectivity index (χ2v) is 7.04. The number of aliphatic hydroxyl groups is 1. The van der Waals surface area contributed by atoms with Crippen LogP contribution in [0.4, 0.5) is 0 Å². The highest BCUT2D eigenvalue weighted by atomic mass is 35.5. The van der Waals surface area contributed by atoms with Crippen LogP contribution in [-0.2, 0) is 16.1 Å². The van der Waals surface area contributed by atoms with Crippen LogP contribution in [0, 0.1) is 11.8 Å². The lowest BCUT2D eigenvalue weighted by Crippen LogP contribution is -2.44. The molecule has 4 N–H and O–H groups in total. The number of piperidine rings is 1. The first kappa shape index (κ1) is 23.6. The Kier molecular flexibility index (Phi) is 9.45. The predicted octanol–water partition coefficient (Wildman–Crippen LogP) is 0.878. The molecule has 1 aromatic heterocycles. The average molecular weight is 419 g/mol. The molecule has 1 aliphatic carbocycles. The maximum atomic E-state index is 12.5. The first-order chi connectivity index (χ1) is 12.0. The number of hydrogen-bond acceptors (Lipinski definition) is 5. The van der Waals surface area contributed by atoms with Crippen LogP contribution in [0.15, 0.2) is 24.4 Å².